The van der Waals surface area contributed by atoms with Crippen LogP contribution in [-0.2, 0) is 20.7 Å². The second kappa shape index (κ2) is 9.69. The van der Waals surface area contributed by atoms with Gasteiger partial charge < -0.3 is 30.1 Å². The highest BCUT2D eigenvalue weighted by atomic mass is 16.5. The van der Waals surface area contributed by atoms with Gasteiger partial charge in [0.1, 0.15) is 6.04 Å². The molecule has 0 radical (unpaired) electrons. The van der Waals surface area contributed by atoms with E-state index in [9.17, 15) is 30.0 Å². The van der Waals surface area contributed by atoms with Gasteiger partial charge in [0.05, 0.1) is 6.10 Å². The van der Waals surface area contributed by atoms with E-state index in [0.29, 0.717) is 11.1 Å². The molecule has 0 saturated heterocycles. The van der Waals surface area contributed by atoms with Crippen LogP contribution in [0.1, 0.15) is 25.0 Å². The van der Waals surface area contributed by atoms with Crippen molar-refractivity contribution in [3.63, 3.8) is 0 Å². The lowest BCUT2D eigenvalue weighted by atomic mass is 10.0. The Labute approximate surface area is 174 Å². The molecule has 0 bridgehead atoms. The lowest BCUT2D eigenvalue weighted by molar-refractivity contribution is -0.156. The topological polar surface area (TPSA) is 128 Å². The van der Waals surface area contributed by atoms with Gasteiger partial charge in [-0.1, -0.05) is 12.1 Å². The number of ether oxygens (including phenoxy) is 1. The molecule has 0 fully saturated rings. The summed E-state index contributed by atoms with van der Waals surface area (Å²) in [6.07, 6.45) is 2.35. The van der Waals surface area contributed by atoms with Gasteiger partial charge in [-0.25, -0.2) is 4.79 Å². The molecule has 1 amide bonds. The number of nitrogens with zero attached hydrogens (tertiary/aromatic N) is 1. The number of amides is 1. The molecular weight excluding hydrogens is 390 g/mol. The van der Waals surface area contributed by atoms with Gasteiger partial charge in [0.15, 0.2) is 23.0 Å². The van der Waals surface area contributed by atoms with E-state index >= 15 is 0 Å². The van der Waals surface area contributed by atoms with Crippen molar-refractivity contribution in [1.82, 2.24) is 4.90 Å². The van der Waals surface area contributed by atoms with Gasteiger partial charge in [-0.2, -0.15) is 0 Å². The van der Waals surface area contributed by atoms with Crippen LogP contribution >= 0.6 is 0 Å². The highest BCUT2D eigenvalue weighted by Gasteiger charge is 2.28. The van der Waals surface area contributed by atoms with Crippen molar-refractivity contribution < 1.29 is 34.8 Å². The third kappa shape index (κ3) is 5.91. The summed E-state index contributed by atoms with van der Waals surface area (Å²) in [5.41, 5.74) is 1.01. The number of aromatic hydroxyl groups is 4. The predicted molar refractivity (Wildman–Crippen MR) is 110 cm³/mol. The molecule has 8 heteroatoms. The minimum absolute atomic E-state index is 0.0650. The van der Waals surface area contributed by atoms with E-state index < -0.39 is 17.9 Å². The Kier molecular flexibility index (Phi) is 7.30. The summed E-state index contributed by atoms with van der Waals surface area (Å²) in [6.45, 7) is 3.39. The fourth-order valence-corrected chi connectivity index (χ4v) is 2.69. The van der Waals surface area contributed by atoms with E-state index in [-0.39, 0.29) is 35.5 Å². The molecular formula is C22H25NO7. The van der Waals surface area contributed by atoms with Crippen molar-refractivity contribution in [2.24, 2.45) is 0 Å². The minimum atomic E-state index is -0.971. The van der Waals surface area contributed by atoms with E-state index in [1.54, 1.807) is 13.8 Å². The molecule has 8 nitrogen and oxygen atoms in total. The number of rotatable bonds is 7. The number of phenolic OH excluding ortho intramolecular Hbond substituents is 4. The first kappa shape index (κ1) is 22.6. The Morgan fingerprint density at radius 3 is 2.13 bits per heavy atom. The van der Waals surface area contributed by atoms with E-state index in [2.05, 4.69) is 0 Å². The van der Waals surface area contributed by atoms with Crippen molar-refractivity contribution in [2.45, 2.75) is 32.4 Å². The number of esters is 1. The monoisotopic (exact) mass is 415 g/mol. The molecule has 2 aromatic carbocycles. The lowest BCUT2D eigenvalue weighted by Crippen LogP contribution is -2.44. The van der Waals surface area contributed by atoms with Crippen LogP contribution in [0.5, 0.6) is 23.0 Å². The SMILES string of the molecule is CC(C)OC(=O)C(Cc1ccc(O)c(O)c1)N(C)C(=O)/C=C/c1ccc(O)c(O)c1. The molecule has 2 rings (SSSR count). The Bertz CT molecular complexity index is 952. The third-order valence-corrected chi connectivity index (χ3v) is 4.33. The zero-order chi connectivity index (χ0) is 22.4. The van der Waals surface area contributed by atoms with Gasteiger partial charge in [0.2, 0.25) is 5.91 Å². The van der Waals surface area contributed by atoms with Crippen molar-refractivity contribution in [3.8, 4) is 23.0 Å². The summed E-state index contributed by atoms with van der Waals surface area (Å²) >= 11 is 0. The fourth-order valence-electron chi connectivity index (χ4n) is 2.69. The smallest absolute Gasteiger partial charge is 0.329 e. The average molecular weight is 415 g/mol. The molecule has 0 saturated carbocycles. The second-order valence-corrected chi connectivity index (χ2v) is 7.06. The Balaban J connectivity index is 2.23. The van der Waals surface area contributed by atoms with Crippen molar-refractivity contribution in [1.29, 1.82) is 0 Å². The number of carbonyl (C=O) groups is 2. The van der Waals surface area contributed by atoms with Gasteiger partial charge >= 0.3 is 5.97 Å². The molecule has 1 unspecified atom stereocenters. The zero-order valence-corrected chi connectivity index (χ0v) is 16.9. The van der Waals surface area contributed by atoms with Gasteiger partial charge in [0.25, 0.3) is 0 Å². The largest absolute Gasteiger partial charge is 0.504 e. The highest BCUT2D eigenvalue weighted by molar-refractivity contribution is 5.94. The van der Waals surface area contributed by atoms with Crippen LogP contribution in [0.4, 0.5) is 0 Å². The van der Waals surface area contributed by atoms with Gasteiger partial charge in [-0.3, -0.25) is 4.79 Å². The maximum absolute atomic E-state index is 12.6. The number of phenols is 4. The fraction of sp³-hybridized carbons (Fsp3) is 0.273. The number of benzene rings is 2. The molecule has 0 aliphatic carbocycles. The quantitative estimate of drug-likeness (QED) is 0.311. The van der Waals surface area contributed by atoms with E-state index in [1.807, 2.05) is 0 Å². The summed E-state index contributed by atoms with van der Waals surface area (Å²) < 4.78 is 5.27. The van der Waals surface area contributed by atoms with Gasteiger partial charge in [-0.15, -0.1) is 0 Å². The Hall–Kier alpha value is -3.68. The molecule has 0 heterocycles. The summed E-state index contributed by atoms with van der Waals surface area (Å²) in [7, 11) is 1.45. The minimum Gasteiger partial charge on any atom is -0.504 e. The maximum Gasteiger partial charge on any atom is 0.329 e. The Morgan fingerprint density at radius 2 is 1.57 bits per heavy atom. The Morgan fingerprint density at radius 1 is 0.967 bits per heavy atom. The number of hydrogen-bond acceptors (Lipinski definition) is 7. The van der Waals surface area contributed by atoms with Crippen LogP contribution in [0, 0.1) is 0 Å². The predicted octanol–water partition coefficient (Wildman–Crippen LogP) is 2.54. The molecule has 0 aromatic heterocycles. The molecule has 0 aliphatic rings. The molecule has 30 heavy (non-hydrogen) atoms. The average Bonchev–Trinajstić information content (AvgIpc) is 2.68. The molecule has 1 atom stereocenters. The summed E-state index contributed by atoms with van der Waals surface area (Å²) in [5.74, 6) is -2.30. The van der Waals surface area contributed by atoms with Crippen LogP contribution in [0.15, 0.2) is 42.5 Å². The van der Waals surface area contributed by atoms with E-state index in [0.717, 1.165) is 0 Å². The second-order valence-electron chi connectivity index (χ2n) is 7.06. The number of carbonyl (C=O) groups excluding carboxylic acids is 2. The summed E-state index contributed by atoms with van der Waals surface area (Å²) in [5, 5.41) is 38.1. The van der Waals surface area contributed by atoms with Gasteiger partial charge in [-0.05, 0) is 55.3 Å². The van der Waals surface area contributed by atoms with Crippen LogP contribution in [0.25, 0.3) is 6.08 Å². The van der Waals surface area contributed by atoms with Crippen LogP contribution in [0.3, 0.4) is 0 Å². The molecule has 2 aromatic rings. The molecule has 4 N–H and O–H groups in total. The molecule has 0 aliphatic heterocycles. The van der Waals surface area contributed by atoms with Crippen molar-refractivity contribution in [3.05, 3.63) is 53.6 Å². The van der Waals surface area contributed by atoms with Crippen molar-refractivity contribution in [2.75, 3.05) is 7.05 Å². The first-order valence-corrected chi connectivity index (χ1v) is 9.26. The lowest BCUT2D eigenvalue weighted by Gasteiger charge is -2.26. The summed E-state index contributed by atoms with van der Waals surface area (Å²) in [6, 6.07) is 7.29. The summed E-state index contributed by atoms with van der Waals surface area (Å²) in [4.78, 5) is 26.5. The van der Waals surface area contributed by atoms with E-state index in [1.165, 1.54) is 60.5 Å². The normalized spacial score (nSPS) is 12.1. The zero-order valence-electron chi connectivity index (χ0n) is 16.9. The standard InChI is InChI=1S/C22H25NO7/c1-13(2)30-22(29)16(10-15-5-8-18(25)20(27)12-15)23(3)21(28)9-6-14-4-7-17(24)19(26)11-14/h4-9,11-13,16,24-27H,10H2,1-3H3/b9-6+. The van der Waals surface area contributed by atoms with Gasteiger partial charge in [0, 0.05) is 19.5 Å². The van der Waals surface area contributed by atoms with Crippen molar-refractivity contribution >= 4 is 18.0 Å². The first-order valence-electron chi connectivity index (χ1n) is 9.26. The molecule has 0 spiro atoms. The third-order valence-electron chi connectivity index (χ3n) is 4.33. The number of likely N-dealkylation sites (N-methyl/N-ethyl adjacent to an activating group) is 1. The van der Waals surface area contributed by atoms with Crippen LogP contribution in [0.2, 0.25) is 0 Å². The van der Waals surface area contributed by atoms with E-state index in [4.69, 9.17) is 4.74 Å². The highest BCUT2D eigenvalue weighted by Crippen LogP contribution is 2.27. The van der Waals surface area contributed by atoms with Crippen LogP contribution < -0.4 is 0 Å². The number of hydrogen-bond donors (Lipinski definition) is 4. The molecule has 160 valence electrons. The van der Waals surface area contributed by atoms with Crippen LogP contribution in [-0.4, -0.2) is 56.4 Å². The maximum atomic E-state index is 12.6. The first-order chi connectivity index (χ1) is 14.1.